The minimum absolute atomic E-state index is 0.116. The topological polar surface area (TPSA) is 91.6 Å². The van der Waals surface area contributed by atoms with E-state index in [9.17, 15) is 9.59 Å². The molecule has 0 spiro atoms. The number of pyridine rings is 1. The van der Waals surface area contributed by atoms with E-state index < -0.39 is 0 Å². The Labute approximate surface area is 208 Å². The van der Waals surface area contributed by atoms with Crippen LogP contribution in [0.15, 0.2) is 58.1 Å². The summed E-state index contributed by atoms with van der Waals surface area (Å²) in [5.74, 6) is 2.10. The van der Waals surface area contributed by atoms with Gasteiger partial charge in [0.05, 0.1) is 17.3 Å². The number of carbonyl (C=O) groups is 2. The molecule has 0 aliphatic carbocycles. The number of hydrogen-bond acceptors (Lipinski definition) is 7. The van der Waals surface area contributed by atoms with E-state index >= 15 is 0 Å². The average molecular weight is 502 g/mol. The van der Waals surface area contributed by atoms with Gasteiger partial charge in [0.25, 0.3) is 0 Å². The Bertz CT molecular complexity index is 1070. The van der Waals surface area contributed by atoms with Crippen LogP contribution in [0.25, 0.3) is 0 Å². The molecule has 0 unspecified atom stereocenters. The van der Waals surface area contributed by atoms with Gasteiger partial charge in [-0.05, 0) is 37.6 Å². The lowest BCUT2D eigenvalue weighted by Gasteiger charge is -2.31. The van der Waals surface area contributed by atoms with Crippen molar-refractivity contribution in [2.45, 2.75) is 24.5 Å². The molecule has 1 aliphatic rings. The normalized spacial score (nSPS) is 13.7. The van der Waals surface area contributed by atoms with Gasteiger partial charge in [0, 0.05) is 49.1 Å². The first kappa shape index (κ1) is 25.7. The molecule has 4 rings (SSSR count). The number of carbonyl (C=O) groups excluding carboxylic acids is 2. The zero-order valence-electron chi connectivity index (χ0n) is 19.2. The summed E-state index contributed by atoms with van der Waals surface area (Å²) in [4.78, 5) is 31.4. The summed E-state index contributed by atoms with van der Waals surface area (Å²) in [5, 5.41) is 7.20. The van der Waals surface area contributed by atoms with Gasteiger partial charge in [-0.2, -0.15) is 0 Å². The van der Waals surface area contributed by atoms with E-state index in [2.05, 4.69) is 46.6 Å². The highest BCUT2D eigenvalue weighted by atomic mass is 35.5. The Morgan fingerprint density at radius 2 is 1.94 bits per heavy atom. The number of aryl methyl sites for hydroxylation is 2. The van der Waals surface area contributed by atoms with E-state index in [1.807, 2.05) is 17.9 Å². The van der Waals surface area contributed by atoms with Crippen molar-refractivity contribution < 1.29 is 14.1 Å². The van der Waals surface area contributed by atoms with Gasteiger partial charge in [0.1, 0.15) is 11.6 Å². The van der Waals surface area contributed by atoms with Crippen LogP contribution in [-0.2, 0) is 15.3 Å². The van der Waals surface area contributed by atoms with Crippen molar-refractivity contribution in [2.24, 2.45) is 0 Å². The number of thioether (sulfide) groups is 1. The molecule has 1 fully saturated rings. The third-order valence-electron chi connectivity index (χ3n) is 5.06. The molecule has 3 heterocycles. The fraction of sp³-hybridized carbons (Fsp3) is 0.333. The molecule has 1 saturated heterocycles. The molecule has 0 atom stereocenters. The fourth-order valence-corrected chi connectivity index (χ4v) is 4.24. The number of aromatic nitrogens is 2. The van der Waals surface area contributed by atoms with E-state index in [1.54, 1.807) is 28.8 Å². The number of rotatable bonds is 7. The van der Waals surface area contributed by atoms with E-state index in [0.717, 1.165) is 23.6 Å². The summed E-state index contributed by atoms with van der Waals surface area (Å²) in [7, 11) is 0. The van der Waals surface area contributed by atoms with E-state index in [-0.39, 0.29) is 5.91 Å². The second-order valence-corrected chi connectivity index (χ2v) is 9.26. The van der Waals surface area contributed by atoms with Crippen molar-refractivity contribution in [1.29, 1.82) is 0 Å². The number of piperazine rings is 1. The van der Waals surface area contributed by atoms with E-state index in [4.69, 9.17) is 16.1 Å². The maximum atomic E-state index is 11.8. The zero-order valence-corrected chi connectivity index (χ0v) is 20.8. The van der Waals surface area contributed by atoms with Gasteiger partial charge in [0.2, 0.25) is 12.3 Å². The Morgan fingerprint density at radius 1 is 1.18 bits per heavy atom. The lowest BCUT2D eigenvalue weighted by molar-refractivity contribution is -0.120. The lowest BCUT2D eigenvalue weighted by Crippen LogP contribution is -2.48. The Hall–Kier alpha value is -2.88. The lowest BCUT2D eigenvalue weighted by atomic mass is 10.2. The molecule has 8 nitrogen and oxygen atoms in total. The highest BCUT2D eigenvalue weighted by Crippen LogP contribution is 2.25. The third-order valence-corrected chi connectivity index (χ3v) is 6.50. The van der Waals surface area contributed by atoms with Gasteiger partial charge in [-0.3, -0.25) is 14.5 Å². The van der Waals surface area contributed by atoms with Gasteiger partial charge < -0.3 is 14.7 Å². The molecule has 3 aromatic rings. The van der Waals surface area contributed by atoms with Crippen molar-refractivity contribution in [3.63, 3.8) is 0 Å². The average Bonchev–Trinajstić information content (AvgIpc) is 3.26. The van der Waals surface area contributed by atoms with Crippen molar-refractivity contribution in [1.82, 2.24) is 19.9 Å². The summed E-state index contributed by atoms with van der Waals surface area (Å²) < 4.78 is 5.02. The summed E-state index contributed by atoms with van der Waals surface area (Å²) in [6, 6.07) is 13.7. The number of nitrogens with zero attached hydrogens (tertiary/aromatic N) is 4. The molecule has 1 N–H and O–H groups in total. The van der Waals surface area contributed by atoms with Crippen molar-refractivity contribution >= 4 is 41.5 Å². The van der Waals surface area contributed by atoms with Crippen LogP contribution in [0, 0.1) is 13.8 Å². The summed E-state index contributed by atoms with van der Waals surface area (Å²) in [6.07, 6.45) is 2.33. The van der Waals surface area contributed by atoms with Crippen molar-refractivity contribution in [3.05, 3.63) is 70.7 Å². The number of anilines is 1. The fourth-order valence-electron chi connectivity index (χ4n) is 3.22. The molecule has 1 aromatic carbocycles. The van der Waals surface area contributed by atoms with Gasteiger partial charge in [-0.15, -0.1) is 11.8 Å². The maximum Gasteiger partial charge on any atom is 0.239 e. The molecule has 180 valence electrons. The quantitative estimate of drug-likeness (QED) is 0.386. The molecular formula is C24H28ClN5O3S. The Kier molecular flexibility index (Phi) is 9.93. The van der Waals surface area contributed by atoms with Gasteiger partial charge in [0.15, 0.2) is 0 Å². The molecule has 0 bridgehead atoms. The predicted octanol–water partition coefficient (Wildman–Crippen LogP) is 4.03. The van der Waals surface area contributed by atoms with Gasteiger partial charge in [-0.1, -0.05) is 35.0 Å². The highest BCUT2D eigenvalue weighted by molar-refractivity contribution is 7.98. The first-order valence-electron chi connectivity index (χ1n) is 10.9. The van der Waals surface area contributed by atoms with Crippen LogP contribution in [0.1, 0.15) is 17.0 Å². The SMILES string of the molecule is Cc1cc(CSc2ccccc2C)no1.O=CN1CCN(CC(=O)Nc2ccc(Cl)cn2)CC1. The molecule has 0 saturated carbocycles. The standard InChI is InChI=1S/C12H15ClN4O2.C12H13NOS/c13-10-1-2-11(14-7-10)15-12(19)8-16-3-5-17(9-18)6-4-16;1-9-5-3-4-6-12(9)15-8-11-7-10(2)14-13-11/h1-2,7,9H,3-6,8H2,(H,14,15,19);3-7H,8H2,1-2H3. The maximum absolute atomic E-state index is 11.8. The van der Waals surface area contributed by atoms with Crippen LogP contribution in [0.3, 0.4) is 0 Å². The molecule has 2 aromatic heterocycles. The van der Waals surface area contributed by atoms with Crippen molar-refractivity contribution in [3.8, 4) is 0 Å². The van der Waals surface area contributed by atoms with Gasteiger partial charge in [-0.25, -0.2) is 4.98 Å². The molecular weight excluding hydrogens is 474 g/mol. The highest BCUT2D eigenvalue weighted by Gasteiger charge is 2.17. The van der Waals surface area contributed by atoms with Crippen LogP contribution in [0.5, 0.6) is 0 Å². The van der Waals surface area contributed by atoms with Crippen LogP contribution in [0.2, 0.25) is 5.02 Å². The number of nitrogens with one attached hydrogen (secondary N) is 1. The second-order valence-electron chi connectivity index (χ2n) is 7.81. The van der Waals surface area contributed by atoms with Crippen LogP contribution < -0.4 is 5.32 Å². The van der Waals surface area contributed by atoms with E-state index in [1.165, 1.54) is 16.7 Å². The second kappa shape index (κ2) is 13.1. The number of benzene rings is 1. The zero-order chi connectivity index (χ0) is 24.3. The number of halogens is 1. The Balaban J connectivity index is 0.000000196. The molecule has 0 radical (unpaired) electrons. The number of hydrogen-bond donors (Lipinski definition) is 1. The van der Waals surface area contributed by atoms with Crippen molar-refractivity contribution in [2.75, 3.05) is 38.0 Å². The minimum Gasteiger partial charge on any atom is -0.361 e. The summed E-state index contributed by atoms with van der Waals surface area (Å²) in [6.45, 7) is 7.08. The molecule has 2 amide bonds. The third kappa shape index (κ3) is 8.48. The van der Waals surface area contributed by atoms with Gasteiger partial charge >= 0.3 is 0 Å². The van der Waals surface area contributed by atoms with Crippen LogP contribution in [-0.4, -0.2) is 65.0 Å². The minimum atomic E-state index is -0.116. The molecule has 1 aliphatic heterocycles. The molecule has 10 heteroatoms. The largest absolute Gasteiger partial charge is 0.361 e. The van der Waals surface area contributed by atoms with Crippen LogP contribution >= 0.6 is 23.4 Å². The Morgan fingerprint density at radius 3 is 2.56 bits per heavy atom. The summed E-state index contributed by atoms with van der Waals surface area (Å²) >= 11 is 7.51. The first-order valence-corrected chi connectivity index (χ1v) is 12.2. The van der Waals surface area contributed by atoms with Crippen LogP contribution in [0.4, 0.5) is 5.82 Å². The van der Waals surface area contributed by atoms with E-state index in [0.29, 0.717) is 43.6 Å². The smallest absolute Gasteiger partial charge is 0.239 e. The first-order chi connectivity index (χ1) is 16.4. The number of amides is 2. The predicted molar refractivity (Wildman–Crippen MR) is 134 cm³/mol. The monoisotopic (exact) mass is 501 g/mol. The summed E-state index contributed by atoms with van der Waals surface area (Å²) in [5.41, 5.74) is 2.31. The molecule has 34 heavy (non-hydrogen) atoms.